The molecule has 0 spiro atoms. The van der Waals surface area contributed by atoms with Crippen molar-refractivity contribution < 1.29 is 4.42 Å². The second-order valence-electron chi connectivity index (χ2n) is 13.8. The van der Waals surface area contributed by atoms with Gasteiger partial charge < -0.3 is 13.6 Å². The highest BCUT2D eigenvalue weighted by atomic mass is 32.3. The van der Waals surface area contributed by atoms with Gasteiger partial charge in [0.05, 0.1) is 16.7 Å². The first kappa shape index (κ1) is 30.4. The number of nitrogens with zero attached hydrogens (tertiary/aromatic N) is 2. The fourth-order valence-corrected chi connectivity index (χ4v) is 8.78. The van der Waals surface area contributed by atoms with Gasteiger partial charge in [-0.3, -0.25) is 0 Å². The summed E-state index contributed by atoms with van der Waals surface area (Å²) in [5.41, 5.74) is 10.3. The third kappa shape index (κ3) is 4.82. The Morgan fingerprint density at radius 2 is 0.900 bits per heavy atom. The number of benzene rings is 7. The lowest BCUT2D eigenvalue weighted by atomic mass is 10.0. The van der Waals surface area contributed by atoms with Crippen molar-refractivity contribution in [3.05, 3.63) is 158 Å². The maximum absolute atomic E-state index is 6.83. The maximum atomic E-state index is 6.83. The van der Waals surface area contributed by atoms with Gasteiger partial charge >= 0.3 is 0 Å². The first-order valence-corrected chi connectivity index (χ1v) is 19.9. The van der Waals surface area contributed by atoms with Gasteiger partial charge in [0.1, 0.15) is 5.58 Å². The molecule has 0 fully saturated rings. The van der Waals surface area contributed by atoms with Crippen LogP contribution in [0.4, 0.5) is 0 Å². The second kappa shape index (κ2) is 11.7. The largest absolute Gasteiger partial charge is 0.453 e. The molecule has 10 aromatic rings. The van der Waals surface area contributed by atoms with E-state index in [-0.39, 0.29) is 0 Å². The fourth-order valence-electron chi connectivity index (χ4n) is 7.58. The van der Waals surface area contributed by atoms with E-state index in [2.05, 4.69) is 156 Å². The van der Waals surface area contributed by atoms with Crippen molar-refractivity contribution in [1.82, 2.24) is 9.13 Å². The summed E-state index contributed by atoms with van der Waals surface area (Å²) in [7, 11) is 1.18. The van der Waals surface area contributed by atoms with Crippen LogP contribution in [0, 0.1) is 0 Å². The topological polar surface area (TPSA) is 23.0 Å². The Morgan fingerprint density at radius 3 is 1.56 bits per heavy atom. The molecule has 10 rings (SSSR count). The van der Waals surface area contributed by atoms with Crippen LogP contribution in [0.3, 0.4) is 0 Å². The zero-order chi connectivity index (χ0) is 34.0. The number of furan rings is 1. The summed E-state index contributed by atoms with van der Waals surface area (Å²) in [4.78, 5) is 1.31. The number of aryl methyl sites for hydroxylation is 1. The molecule has 0 amide bonds. The summed E-state index contributed by atoms with van der Waals surface area (Å²) in [6, 6.07) is 56.3. The molecule has 0 atom stereocenters. The zero-order valence-corrected chi connectivity index (χ0v) is 29.5. The van der Waals surface area contributed by atoms with Crippen LogP contribution in [0.1, 0.15) is 0 Å². The molecule has 3 aromatic heterocycles. The van der Waals surface area contributed by atoms with Crippen LogP contribution in [0.25, 0.3) is 82.4 Å². The SMILES string of the molecule is Cn1c2ccccc2c2cc(-c3ccc4c(c3)c3ccccc3n4-c3cccc4c3oc3c(S(C)(C)C)cccc34)ccc21.c1ccccc1. The lowest BCUT2D eigenvalue weighted by Gasteiger charge is -2.25. The van der Waals surface area contributed by atoms with Crippen molar-refractivity contribution in [2.24, 2.45) is 7.05 Å². The number of aromatic nitrogens is 2. The fraction of sp³-hybridized carbons (Fsp3) is 0.0870. The average molecular weight is 667 g/mol. The van der Waals surface area contributed by atoms with Crippen molar-refractivity contribution in [3.8, 4) is 16.8 Å². The van der Waals surface area contributed by atoms with Crippen LogP contribution in [-0.2, 0) is 7.05 Å². The van der Waals surface area contributed by atoms with E-state index in [1.165, 1.54) is 65.0 Å². The van der Waals surface area contributed by atoms with Gasteiger partial charge in [0.25, 0.3) is 0 Å². The summed E-state index contributed by atoms with van der Waals surface area (Å²) in [5.74, 6) is 0. The Hall–Kier alpha value is -5.71. The number of hydrogen-bond donors (Lipinski definition) is 0. The lowest BCUT2D eigenvalue weighted by molar-refractivity contribution is 0.657. The lowest BCUT2D eigenvalue weighted by Crippen LogP contribution is -1.94. The zero-order valence-electron chi connectivity index (χ0n) is 28.7. The van der Waals surface area contributed by atoms with Gasteiger partial charge in [0, 0.05) is 55.3 Å². The molecule has 0 aliphatic carbocycles. The van der Waals surface area contributed by atoms with Crippen LogP contribution in [-0.4, -0.2) is 27.9 Å². The first-order valence-electron chi connectivity index (χ1n) is 17.0. The molecule has 0 saturated carbocycles. The summed E-state index contributed by atoms with van der Waals surface area (Å²) < 4.78 is 11.5. The molecule has 0 radical (unpaired) electrons. The third-order valence-electron chi connectivity index (χ3n) is 9.95. The molecular weight excluding hydrogens is 629 g/mol. The van der Waals surface area contributed by atoms with E-state index < -0.39 is 10.0 Å². The maximum Gasteiger partial charge on any atom is 0.159 e. The minimum Gasteiger partial charge on any atom is -0.453 e. The molecule has 0 N–H and O–H groups in total. The Labute approximate surface area is 293 Å². The van der Waals surface area contributed by atoms with Gasteiger partial charge in [0.2, 0.25) is 0 Å². The number of hydrogen-bond acceptors (Lipinski definition) is 1. The van der Waals surface area contributed by atoms with Crippen molar-refractivity contribution in [2.45, 2.75) is 4.90 Å². The minimum atomic E-state index is -0.971. The minimum absolute atomic E-state index is 0.937. The molecule has 0 unspecified atom stereocenters. The highest BCUT2D eigenvalue weighted by molar-refractivity contribution is 8.32. The van der Waals surface area contributed by atoms with E-state index in [9.17, 15) is 0 Å². The van der Waals surface area contributed by atoms with Gasteiger partial charge in [-0.15, -0.1) is 0 Å². The number of para-hydroxylation sites is 4. The van der Waals surface area contributed by atoms with Crippen molar-refractivity contribution in [3.63, 3.8) is 0 Å². The van der Waals surface area contributed by atoms with Crippen LogP contribution in [0.5, 0.6) is 0 Å². The Bertz CT molecular complexity index is 2840. The summed E-state index contributed by atoms with van der Waals surface area (Å²) in [6.45, 7) is 0. The molecule has 0 aliphatic heterocycles. The average Bonchev–Trinajstić information content (AvgIpc) is 3.79. The standard InChI is InChI=1S/C40H32N2OS.C6H6/c1-41-33-15-7-5-11-27(33)31-23-25(19-21-34(31)41)26-20-22-36-32(24-26)28-12-6-8-16-35(28)42(36)37-17-9-13-29-30-14-10-18-38(44(2,3)4)40(30)43-39(29)37;1-2-4-6-5-3-1/h5-24H,1-4H3;1-6H. The Morgan fingerprint density at radius 1 is 0.420 bits per heavy atom. The Balaban J connectivity index is 0.000000511. The molecule has 4 heteroatoms. The monoisotopic (exact) mass is 666 g/mol. The van der Waals surface area contributed by atoms with Crippen molar-refractivity contribution >= 4 is 75.6 Å². The Kier molecular flexibility index (Phi) is 7.11. The quantitative estimate of drug-likeness (QED) is 0.184. The predicted molar refractivity (Wildman–Crippen MR) is 218 cm³/mol. The number of fused-ring (bicyclic) bond motifs is 9. The molecule has 3 heterocycles. The molecule has 0 saturated heterocycles. The number of rotatable bonds is 3. The summed E-state index contributed by atoms with van der Waals surface area (Å²) >= 11 is 0. The molecule has 244 valence electrons. The van der Waals surface area contributed by atoms with E-state index in [0.29, 0.717) is 0 Å². The molecule has 0 bridgehead atoms. The van der Waals surface area contributed by atoms with E-state index >= 15 is 0 Å². The highest BCUT2D eigenvalue weighted by Crippen LogP contribution is 2.50. The van der Waals surface area contributed by atoms with E-state index in [1.54, 1.807) is 0 Å². The third-order valence-corrected chi connectivity index (χ3v) is 11.6. The summed E-state index contributed by atoms with van der Waals surface area (Å²) in [5, 5.41) is 7.41. The molecule has 0 aliphatic rings. The van der Waals surface area contributed by atoms with E-state index in [0.717, 1.165) is 22.2 Å². The highest BCUT2D eigenvalue weighted by Gasteiger charge is 2.21. The molecule has 7 aromatic carbocycles. The molecule has 50 heavy (non-hydrogen) atoms. The van der Waals surface area contributed by atoms with Crippen LogP contribution < -0.4 is 0 Å². The van der Waals surface area contributed by atoms with Gasteiger partial charge in [-0.25, -0.2) is 10.0 Å². The van der Waals surface area contributed by atoms with Crippen LogP contribution in [0.2, 0.25) is 0 Å². The van der Waals surface area contributed by atoms with Gasteiger partial charge in [-0.2, -0.15) is 0 Å². The van der Waals surface area contributed by atoms with Crippen molar-refractivity contribution in [1.29, 1.82) is 0 Å². The smallest absolute Gasteiger partial charge is 0.159 e. The first-order chi connectivity index (χ1) is 24.4. The van der Waals surface area contributed by atoms with Gasteiger partial charge in [-0.05, 0) is 78.4 Å². The van der Waals surface area contributed by atoms with Crippen LogP contribution >= 0.6 is 10.0 Å². The van der Waals surface area contributed by atoms with Gasteiger partial charge in [0.15, 0.2) is 5.58 Å². The van der Waals surface area contributed by atoms with E-state index in [1.807, 2.05) is 36.4 Å². The second-order valence-corrected chi connectivity index (χ2v) is 17.9. The van der Waals surface area contributed by atoms with E-state index in [4.69, 9.17) is 4.42 Å². The summed E-state index contributed by atoms with van der Waals surface area (Å²) in [6.07, 6.45) is 7.00. The normalized spacial score (nSPS) is 12.3. The molecule has 3 nitrogen and oxygen atoms in total. The predicted octanol–water partition coefficient (Wildman–Crippen LogP) is 12.7. The van der Waals surface area contributed by atoms with Gasteiger partial charge in [-0.1, -0.05) is 109 Å². The van der Waals surface area contributed by atoms with Crippen LogP contribution in [0.15, 0.2) is 167 Å². The molecular formula is C46H38N2OS. The van der Waals surface area contributed by atoms with Crippen molar-refractivity contribution in [2.75, 3.05) is 18.8 Å².